The van der Waals surface area contributed by atoms with Gasteiger partial charge in [-0.2, -0.15) is 0 Å². The quantitative estimate of drug-likeness (QED) is 0.577. The van der Waals surface area contributed by atoms with Crippen LogP contribution in [-0.4, -0.2) is 10.2 Å². The molecule has 2 rings (SSSR count). The molecule has 2 nitrogen and oxygen atoms in total. The van der Waals surface area contributed by atoms with Gasteiger partial charge in [0, 0.05) is 5.56 Å². The largest absolute Gasteiger partial charge is 0.373 e. The number of hydrogen-bond donors (Lipinski definition) is 1. The fourth-order valence-electron chi connectivity index (χ4n) is 1.14. The number of H-pyrrole nitrogens is 1. The van der Waals surface area contributed by atoms with Crippen molar-refractivity contribution in [3.8, 4) is 10.6 Å². The smallest absolute Gasteiger partial charge is 0.218 e. The first kappa shape index (κ1) is 8.59. The van der Waals surface area contributed by atoms with Crippen molar-refractivity contribution in [2.45, 2.75) is 0 Å². The van der Waals surface area contributed by atoms with E-state index in [9.17, 15) is 0 Å². The van der Waals surface area contributed by atoms with Crippen molar-refractivity contribution in [1.29, 1.82) is 0 Å². The SMILES string of the molecule is C[s+]1c(-c2ccccc2)n[nH]c1=S. The molecule has 66 valence electrons. The second kappa shape index (κ2) is 3.40. The zero-order chi connectivity index (χ0) is 9.26. The Kier molecular flexibility index (Phi) is 2.24. The van der Waals surface area contributed by atoms with Gasteiger partial charge in [-0.05, 0) is 22.6 Å². The Morgan fingerprint density at radius 3 is 2.54 bits per heavy atom. The first-order valence-electron chi connectivity index (χ1n) is 3.88. The topological polar surface area (TPSA) is 28.7 Å². The summed E-state index contributed by atoms with van der Waals surface area (Å²) in [6.45, 7) is 0. The van der Waals surface area contributed by atoms with Crippen LogP contribution in [0.15, 0.2) is 30.3 Å². The number of hydrogen-bond acceptors (Lipinski definition) is 2. The molecule has 13 heavy (non-hydrogen) atoms. The minimum absolute atomic E-state index is 0.0360. The molecule has 4 heteroatoms. The van der Waals surface area contributed by atoms with E-state index in [-0.39, 0.29) is 10.5 Å². The summed E-state index contributed by atoms with van der Waals surface area (Å²) in [5.41, 5.74) is 1.15. The second-order valence-corrected chi connectivity index (χ2v) is 5.17. The number of nitrogens with zero attached hydrogens (tertiary/aromatic N) is 1. The third-order valence-electron chi connectivity index (χ3n) is 1.84. The molecule has 0 saturated heterocycles. The van der Waals surface area contributed by atoms with Gasteiger partial charge in [0.05, 0.1) is 6.26 Å². The first-order chi connectivity index (χ1) is 6.29. The standard InChI is InChI=1S/C9H8N2S2/c1-13-8(10-11-9(13)12)7-5-3-2-4-6-7/h2-6H,1H3/p+1. The molecular formula is C9H9N2S2+. The van der Waals surface area contributed by atoms with Crippen LogP contribution in [0, 0.1) is 3.95 Å². The van der Waals surface area contributed by atoms with Gasteiger partial charge in [0.25, 0.3) is 12.2 Å². The van der Waals surface area contributed by atoms with Crippen LogP contribution in [0.25, 0.3) is 10.6 Å². The summed E-state index contributed by atoms with van der Waals surface area (Å²) in [4.78, 5) is 0. The number of rotatable bonds is 1. The number of aromatic amines is 1. The summed E-state index contributed by atoms with van der Waals surface area (Å²) in [5, 5.41) is 8.12. The first-order valence-corrected chi connectivity index (χ1v) is 5.92. The Balaban J connectivity index is 2.60. The molecule has 1 heterocycles. The van der Waals surface area contributed by atoms with Crippen LogP contribution in [0.4, 0.5) is 0 Å². The van der Waals surface area contributed by atoms with Crippen molar-refractivity contribution in [2.75, 3.05) is 0 Å². The molecule has 1 aromatic heterocycles. The predicted molar refractivity (Wildman–Crippen MR) is 58.3 cm³/mol. The fourth-order valence-corrected chi connectivity index (χ4v) is 2.46. The average Bonchev–Trinajstić information content (AvgIpc) is 2.49. The lowest BCUT2D eigenvalue weighted by Gasteiger charge is -1.91. The Bertz CT molecular complexity index is 456. The van der Waals surface area contributed by atoms with Gasteiger partial charge >= 0.3 is 3.95 Å². The van der Waals surface area contributed by atoms with Crippen molar-refractivity contribution >= 4 is 22.7 Å². The van der Waals surface area contributed by atoms with Crippen LogP contribution in [0.3, 0.4) is 0 Å². The van der Waals surface area contributed by atoms with Gasteiger partial charge in [-0.1, -0.05) is 18.2 Å². The molecular weight excluding hydrogens is 200 g/mol. The van der Waals surface area contributed by atoms with Gasteiger partial charge in [0.15, 0.2) is 0 Å². The Labute approximate surface area is 84.2 Å². The van der Waals surface area contributed by atoms with E-state index in [1.807, 2.05) is 18.2 Å². The van der Waals surface area contributed by atoms with Gasteiger partial charge in [0.1, 0.15) is 0 Å². The minimum atomic E-state index is -0.0360. The zero-order valence-electron chi connectivity index (χ0n) is 7.15. The monoisotopic (exact) mass is 209 g/mol. The summed E-state index contributed by atoms with van der Waals surface area (Å²) in [6.07, 6.45) is 2.09. The van der Waals surface area contributed by atoms with Crippen molar-refractivity contribution in [1.82, 2.24) is 10.2 Å². The molecule has 0 aliphatic heterocycles. The highest BCUT2D eigenvalue weighted by molar-refractivity contribution is 7.74. The van der Waals surface area contributed by atoms with E-state index in [4.69, 9.17) is 12.2 Å². The molecule has 0 amide bonds. The Morgan fingerprint density at radius 2 is 2.00 bits per heavy atom. The fraction of sp³-hybridized carbons (Fsp3) is 0.111. The maximum atomic E-state index is 5.11. The highest BCUT2D eigenvalue weighted by Gasteiger charge is 2.11. The van der Waals surface area contributed by atoms with Crippen LogP contribution in [0.5, 0.6) is 0 Å². The maximum Gasteiger partial charge on any atom is 0.373 e. The number of benzene rings is 1. The van der Waals surface area contributed by atoms with Gasteiger partial charge in [0.2, 0.25) is 5.01 Å². The molecule has 2 aromatic rings. The van der Waals surface area contributed by atoms with Gasteiger partial charge in [-0.3, -0.25) is 0 Å². The molecule has 1 atom stereocenters. The summed E-state index contributed by atoms with van der Waals surface area (Å²) in [5.74, 6) is 0. The summed E-state index contributed by atoms with van der Waals surface area (Å²) in [7, 11) is -0.0360. The number of nitrogens with one attached hydrogen (secondary N) is 1. The summed E-state index contributed by atoms with van der Waals surface area (Å²) in [6, 6.07) is 10.1. The molecule has 0 radical (unpaired) electrons. The lowest BCUT2D eigenvalue weighted by molar-refractivity contribution is 1.08. The third-order valence-corrected chi connectivity index (χ3v) is 4.23. The van der Waals surface area contributed by atoms with E-state index in [0.29, 0.717) is 0 Å². The molecule has 0 bridgehead atoms. The van der Waals surface area contributed by atoms with E-state index >= 15 is 0 Å². The zero-order valence-corrected chi connectivity index (χ0v) is 8.78. The van der Waals surface area contributed by atoms with Gasteiger partial charge in [-0.15, -0.1) is 5.10 Å². The van der Waals surface area contributed by atoms with E-state index in [1.54, 1.807) is 0 Å². The molecule has 1 unspecified atom stereocenters. The molecule has 0 fully saturated rings. The molecule has 0 aliphatic carbocycles. The van der Waals surface area contributed by atoms with E-state index in [2.05, 4.69) is 28.6 Å². The lowest BCUT2D eigenvalue weighted by Crippen LogP contribution is -1.75. The lowest BCUT2D eigenvalue weighted by atomic mass is 10.2. The second-order valence-electron chi connectivity index (χ2n) is 2.69. The molecule has 1 N–H and O–H groups in total. The average molecular weight is 209 g/mol. The normalized spacial score (nSPS) is 11.6. The predicted octanol–water partition coefficient (Wildman–Crippen LogP) is 3.09. The van der Waals surface area contributed by atoms with Crippen LogP contribution in [-0.2, 0) is 6.26 Å². The highest BCUT2D eigenvalue weighted by Crippen LogP contribution is 2.29. The minimum Gasteiger partial charge on any atom is -0.218 e. The van der Waals surface area contributed by atoms with Crippen LogP contribution >= 0.6 is 22.7 Å². The Morgan fingerprint density at radius 1 is 1.31 bits per heavy atom. The van der Waals surface area contributed by atoms with Crippen molar-refractivity contribution in [2.24, 2.45) is 6.26 Å². The Hall–Kier alpha value is -1.00. The van der Waals surface area contributed by atoms with Gasteiger partial charge in [-0.25, -0.2) is 5.10 Å². The third kappa shape index (κ3) is 1.55. The number of aromatic nitrogens is 2. The van der Waals surface area contributed by atoms with E-state index in [0.717, 1.165) is 14.5 Å². The van der Waals surface area contributed by atoms with Crippen molar-refractivity contribution in [3.63, 3.8) is 0 Å². The van der Waals surface area contributed by atoms with E-state index < -0.39 is 0 Å². The molecule has 0 aliphatic rings. The van der Waals surface area contributed by atoms with Crippen LogP contribution < -0.4 is 0 Å². The van der Waals surface area contributed by atoms with Crippen LogP contribution in [0.2, 0.25) is 0 Å². The maximum absolute atomic E-state index is 5.11. The molecule has 0 spiro atoms. The highest BCUT2D eigenvalue weighted by atomic mass is 32.2. The van der Waals surface area contributed by atoms with Crippen molar-refractivity contribution in [3.05, 3.63) is 34.3 Å². The van der Waals surface area contributed by atoms with Crippen molar-refractivity contribution < 1.29 is 0 Å². The molecule has 0 saturated carbocycles. The van der Waals surface area contributed by atoms with E-state index in [1.165, 1.54) is 0 Å². The van der Waals surface area contributed by atoms with Gasteiger partial charge < -0.3 is 0 Å². The summed E-state index contributed by atoms with van der Waals surface area (Å²) < 4.78 is 0.832. The molecule has 1 aromatic carbocycles. The summed E-state index contributed by atoms with van der Waals surface area (Å²) >= 11 is 5.11. The van der Waals surface area contributed by atoms with Crippen LogP contribution in [0.1, 0.15) is 0 Å².